The molecule has 0 radical (unpaired) electrons. The Bertz CT molecular complexity index is 369. The highest BCUT2D eigenvalue weighted by molar-refractivity contribution is 5.50. The Morgan fingerprint density at radius 3 is 2.73 bits per heavy atom. The van der Waals surface area contributed by atoms with Gasteiger partial charge in [-0.2, -0.15) is 0 Å². The molecule has 2 nitrogen and oxygen atoms in total. The van der Waals surface area contributed by atoms with E-state index in [1.807, 2.05) is 7.05 Å². The van der Waals surface area contributed by atoms with Crippen LogP contribution in [-0.2, 0) is 12.0 Å². The number of benzene rings is 1. The van der Waals surface area contributed by atoms with Gasteiger partial charge in [0, 0.05) is 31.2 Å². The summed E-state index contributed by atoms with van der Waals surface area (Å²) in [7, 11) is 4.16. The Labute approximate surface area is 92.3 Å². The maximum absolute atomic E-state index is 3.20. The van der Waals surface area contributed by atoms with Crippen LogP contribution in [0.4, 0.5) is 5.69 Å². The van der Waals surface area contributed by atoms with E-state index in [0.29, 0.717) is 0 Å². The van der Waals surface area contributed by atoms with Crippen LogP contribution >= 0.6 is 0 Å². The molecule has 0 saturated carbocycles. The molecule has 0 saturated heterocycles. The molecule has 0 fully saturated rings. The lowest BCUT2D eigenvalue weighted by Crippen LogP contribution is -2.39. The van der Waals surface area contributed by atoms with Crippen molar-refractivity contribution in [1.82, 2.24) is 4.90 Å². The Morgan fingerprint density at radius 2 is 2.07 bits per heavy atom. The van der Waals surface area contributed by atoms with Crippen molar-refractivity contribution in [1.29, 1.82) is 0 Å². The second-order valence-electron chi connectivity index (χ2n) is 5.18. The molecule has 0 aliphatic carbocycles. The molecule has 2 heteroatoms. The highest BCUT2D eigenvalue weighted by Crippen LogP contribution is 2.33. The monoisotopic (exact) mass is 204 g/mol. The summed E-state index contributed by atoms with van der Waals surface area (Å²) < 4.78 is 0. The normalized spacial score (nSPS) is 19.7. The number of hydrogen-bond donors (Lipinski definition) is 1. The van der Waals surface area contributed by atoms with E-state index < -0.39 is 0 Å². The number of rotatable bonds is 1. The zero-order chi connectivity index (χ0) is 11.1. The van der Waals surface area contributed by atoms with Gasteiger partial charge in [0.15, 0.2) is 0 Å². The van der Waals surface area contributed by atoms with Crippen LogP contribution in [0, 0.1) is 0 Å². The van der Waals surface area contributed by atoms with E-state index in [4.69, 9.17) is 0 Å². The highest BCUT2D eigenvalue weighted by Gasteiger charge is 2.29. The van der Waals surface area contributed by atoms with Crippen LogP contribution in [0.1, 0.15) is 25.0 Å². The van der Waals surface area contributed by atoms with Gasteiger partial charge in [-0.25, -0.2) is 0 Å². The Balaban J connectivity index is 2.47. The topological polar surface area (TPSA) is 15.3 Å². The molecule has 2 rings (SSSR count). The minimum Gasteiger partial charge on any atom is -0.388 e. The molecule has 0 amide bonds. The molecule has 15 heavy (non-hydrogen) atoms. The smallest absolute Gasteiger partial charge is 0.0341 e. The number of anilines is 1. The van der Waals surface area contributed by atoms with Crippen molar-refractivity contribution in [2.24, 2.45) is 0 Å². The number of nitrogens with zero attached hydrogens (tertiary/aromatic N) is 1. The minimum atomic E-state index is 0.272. The molecular weight excluding hydrogens is 184 g/mol. The molecule has 1 aliphatic rings. The number of fused-ring (bicyclic) bond motifs is 1. The summed E-state index contributed by atoms with van der Waals surface area (Å²) in [6, 6.07) is 6.72. The van der Waals surface area contributed by atoms with Gasteiger partial charge in [-0.1, -0.05) is 19.9 Å². The van der Waals surface area contributed by atoms with Crippen LogP contribution in [0.25, 0.3) is 0 Å². The highest BCUT2D eigenvalue weighted by atomic mass is 15.1. The molecule has 1 N–H and O–H groups in total. The average Bonchev–Trinajstić information content (AvgIpc) is 2.15. The predicted molar refractivity (Wildman–Crippen MR) is 65.3 cm³/mol. The second kappa shape index (κ2) is 3.53. The molecule has 0 bridgehead atoms. The van der Waals surface area contributed by atoms with Gasteiger partial charge in [-0.15, -0.1) is 0 Å². The fourth-order valence-electron chi connectivity index (χ4n) is 2.65. The minimum absolute atomic E-state index is 0.272. The van der Waals surface area contributed by atoms with Crippen molar-refractivity contribution in [2.45, 2.75) is 25.8 Å². The number of nitrogens with one attached hydrogen (secondary N) is 1. The molecule has 1 aliphatic heterocycles. The molecule has 0 aromatic heterocycles. The molecule has 1 aromatic rings. The SMILES string of the molecule is CNc1ccc2c(c1)CN(C)CC2(C)C. The molecule has 0 unspecified atom stereocenters. The van der Waals surface area contributed by atoms with Gasteiger partial charge < -0.3 is 10.2 Å². The largest absolute Gasteiger partial charge is 0.388 e. The van der Waals surface area contributed by atoms with Crippen LogP contribution in [0.5, 0.6) is 0 Å². The fourth-order valence-corrected chi connectivity index (χ4v) is 2.65. The van der Waals surface area contributed by atoms with Crippen molar-refractivity contribution < 1.29 is 0 Å². The van der Waals surface area contributed by atoms with E-state index in [0.717, 1.165) is 13.1 Å². The van der Waals surface area contributed by atoms with E-state index in [2.05, 4.69) is 49.3 Å². The molecule has 0 atom stereocenters. The number of likely N-dealkylation sites (N-methyl/N-ethyl adjacent to an activating group) is 1. The number of hydrogen-bond acceptors (Lipinski definition) is 2. The summed E-state index contributed by atoms with van der Waals surface area (Å²) in [4.78, 5) is 2.39. The van der Waals surface area contributed by atoms with E-state index in [1.165, 1.54) is 16.8 Å². The van der Waals surface area contributed by atoms with Crippen LogP contribution < -0.4 is 5.32 Å². The van der Waals surface area contributed by atoms with Crippen molar-refractivity contribution in [3.05, 3.63) is 29.3 Å². The van der Waals surface area contributed by atoms with Gasteiger partial charge in [-0.3, -0.25) is 0 Å². The maximum Gasteiger partial charge on any atom is 0.0341 e. The Morgan fingerprint density at radius 1 is 1.33 bits per heavy atom. The van der Waals surface area contributed by atoms with Crippen molar-refractivity contribution in [2.75, 3.05) is 26.0 Å². The van der Waals surface area contributed by atoms with E-state index in [-0.39, 0.29) is 5.41 Å². The lowest BCUT2D eigenvalue weighted by atomic mass is 9.78. The standard InChI is InChI=1S/C13H20N2/c1-13(2)9-15(4)8-10-7-11(14-3)5-6-12(10)13/h5-7,14H,8-9H2,1-4H3. The van der Waals surface area contributed by atoms with Crippen molar-refractivity contribution in [3.8, 4) is 0 Å². The van der Waals surface area contributed by atoms with E-state index in [1.54, 1.807) is 0 Å². The quantitative estimate of drug-likeness (QED) is 0.756. The average molecular weight is 204 g/mol. The first-order valence-corrected chi connectivity index (χ1v) is 5.52. The Kier molecular flexibility index (Phi) is 2.47. The second-order valence-corrected chi connectivity index (χ2v) is 5.18. The Hall–Kier alpha value is -1.02. The molecular formula is C13H20N2. The summed E-state index contributed by atoms with van der Waals surface area (Å²) in [5.74, 6) is 0. The first-order chi connectivity index (χ1) is 7.03. The molecule has 0 spiro atoms. The lowest BCUT2D eigenvalue weighted by Gasteiger charge is -2.38. The third kappa shape index (κ3) is 1.86. The van der Waals surface area contributed by atoms with Crippen molar-refractivity contribution >= 4 is 5.69 Å². The summed E-state index contributed by atoms with van der Waals surface area (Å²) >= 11 is 0. The van der Waals surface area contributed by atoms with Crippen LogP contribution in [0.3, 0.4) is 0 Å². The van der Waals surface area contributed by atoms with Gasteiger partial charge in [0.1, 0.15) is 0 Å². The van der Waals surface area contributed by atoms with E-state index in [9.17, 15) is 0 Å². The third-order valence-electron chi connectivity index (χ3n) is 3.23. The predicted octanol–water partition coefficient (Wildman–Crippen LogP) is 2.45. The zero-order valence-corrected chi connectivity index (χ0v) is 10.1. The zero-order valence-electron chi connectivity index (χ0n) is 10.1. The van der Waals surface area contributed by atoms with Crippen LogP contribution in [-0.4, -0.2) is 25.5 Å². The molecule has 1 aromatic carbocycles. The molecule has 1 heterocycles. The van der Waals surface area contributed by atoms with Gasteiger partial charge in [0.2, 0.25) is 0 Å². The third-order valence-corrected chi connectivity index (χ3v) is 3.23. The fraction of sp³-hybridized carbons (Fsp3) is 0.538. The summed E-state index contributed by atoms with van der Waals surface area (Å²) in [6.45, 7) is 6.84. The maximum atomic E-state index is 3.20. The van der Waals surface area contributed by atoms with Gasteiger partial charge in [0.05, 0.1) is 0 Å². The van der Waals surface area contributed by atoms with Gasteiger partial charge >= 0.3 is 0 Å². The summed E-state index contributed by atoms with van der Waals surface area (Å²) in [5.41, 5.74) is 4.44. The van der Waals surface area contributed by atoms with Crippen molar-refractivity contribution in [3.63, 3.8) is 0 Å². The van der Waals surface area contributed by atoms with Crippen LogP contribution in [0.2, 0.25) is 0 Å². The van der Waals surface area contributed by atoms with Gasteiger partial charge in [0.25, 0.3) is 0 Å². The lowest BCUT2D eigenvalue weighted by molar-refractivity contribution is 0.236. The van der Waals surface area contributed by atoms with Crippen LogP contribution in [0.15, 0.2) is 18.2 Å². The molecule has 82 valence electrons. The van der Waals surface area contributed by atoms with E-state index >= 15 is 0 Å². The first kappa shape index (κ1) is 10.5. The summed E-state index contributed by atoms with van der Waals surface area (Å²) in [5, 5.41) is 3.20. The first-order valence-electron chi connectivity index (χ1n) is 5.52. The summed E-state index contributed by atoms with van der Waals surface area (Å²) in [6.07, 6.45) is 0. The van der Waals surface area contributed by atoms with Gasteiger partial charge in [-0.05, 0) is 30.3 Å².